The fraction of sp³-hybridized carbons (Fsp3) is 0.364. The van der Waals surface area contributed by atoms with Crippen molar-refractivity contribution < 1.29 is 9.53 Å². The summed E-state index contributed by atoms with van der Waals surface area (Å²) in [5, 5.41) is 0.880. The van der Waals surface area contributed by atoms with Gasteiger partial charge in [-0.2, -0.15) is 0 Å². The fourth-order valence-corrected chi connectivity index (χ4v) is 1.31. The van der Waals surface area contributed by atoms with Crippen LogP contribution in [0.5, 0.6) is 0 Å². The van der Waals surface area contributed by atoms with Gasteiger partial charge < -0.3 is 9.72 Å². The maximum absolute atomic E-state index is 11.5. The zero-order valence-electron chi connectivity index (χ0n) is 9.06. The van der Waals surface area contributed by atoms with Gasteiger partial charge in [0.2, 0.25) is 5.82 Å². The number of hydrogen-bond acceptors (Lipinski definition) is 4. The molecule has 84 valence electrons. The summed E-state index contributed by atoms with van der Waals surface area (Å²) in [5.74, 6) is -0.365. The van der Waals surface area contributed by atoms with Crippen LogP contribution in [-0.4, -0.2) is 27.5 Å². The highest BCUT2D eigenvalue weighted by Crippen LogP contribution is 2.08. The molecule has 0 bridgehead atoms. The molecule has 0 unspecified atom stereocenters. The molecule has 2 rings (SSSR count). The smallest absolute Gasteiger partial charge is 0.376 e. The number of carbonyl (C=O) groups is 1. The standard InChI is InChI=1S/C11H13N3O2/c1-2-3-6-16-11(15)10-13-7-8-4-5-12-9(8)14-10/h4-5,7H,2-3,6H2,1H3,(H,12,13,14). The molecule has 0 aromatic carbocycles. The van der Waals surface area contributed by atoms with Crippen molar-refractivity contribution in [3.8, 4) is 0 Å². The lowest BCUT2D eigenvalue weighted by Crippen LogP contribution is -2.10. The molecule has 0 saturated carbocycles. The monoisotopic (exact) mass is 219 g/mol. The molecule has 16 heavy (non-hydrogen) atoms. The SMILES string of the molecule is CCCCOC(=O)c1ncc2cc[nH]c2n1. The van der Waals surface area contributed by atoms with Crippen molar-refractivity contribution in [1.82, 2.24) is 15.0 Å². The van der Waals surface area contributed by atoms with E-state index in [1.54, 1.807) is 12.4 Å². The van der Waals surface area contributed by atoms with Gasteiger partial charge in [0.1, 0.15) is 5.65 Å². The Morgan fingerprint density at radius 2 is 2.44 bits per heavy atom. The van der Waals surface area contributed by atoms with Crippen LogP contribution < -0.4 is 0 Å². The molecular formula is C11H13N3O2. The van der Waals surface area contributed by atoms with E-state index < -0.39 is 5.97 Å². The van der Waals surface area contributed by atoms with Crippen molar-refractivity contribution >= 4 is 17.0 Å². The third-order valence-electron chi connectivity index (χ3n) is 2.21. The fourth-order valence-electron chi connectivity index (χ4n) is 1.31. The predicted molar refractivity (Wildman–Crippen MR) is 59.1 cm³/mol. The zero-order chi connectivity index (χ0) is 11.4. The molecule has 0 aliphatic carbocycles. The van der Waals surface area contributed by atoms with Crippen LogP contribution in [0.25, 0.3) is 11.0 Å². The first-order valence-corrected chi connectivity index (χ1v) is 5.28. The molecule has 2 aromatic rings. The van der Waals surface area contributed by atoms with E-state index in [4.69, 9.17) is 4.74 Å². The molecular weight excluding hydrogens is 206 g/mol. The highest BCUT2D eigenvalue weighted by Gasteiger charge is 2.11. The number of ether oxygens (including phenoxy) is 1. The number of carbonyl (C=O) groups excluding carboxylic acids is 1. The summed E-state index contributed by atoms with van der Waals surface area (Å²) in [6.45, 7) is 2.46. The first-order chi connectivity index (χ1) is 7.81. The maximum atomic E-state index is 11.5. The highest BCUT2D eigenvalue weighted by molar-refractivity contribution is 5.87. The third-order valence-corrected chi connectivity index (χ3v) is 2.21. The lowest BCUT2D eigenvalue weighted by molar-refractivity contribution is 0.0486. The van der Waals surface area contributed by atoms with Gasteiger partial charge in [-0.3, -0.25) is 0 Å². The minimum absolute atomic E-state index is 0.103. The van der Waals surface area contributed by atoms with Crippen LogP contribution in [0.1, 0.15) is 30.4 Å². The lowest BCUT2D eigenvalue weighted by atomic mass is 10.4. The van der Waals surface area contributed by atoms with E-state index in [2.05, 4.69) is 15.0 Å². The Morgan fingerprint density at radius 1 is 1.56 bits per heavy atom. The zero-order valence-corrected chi connectivity index (χ0v) is 9.06. The normalized spacial score (nSPS) is 10.6. The summed E-state index contributed by atoms with van der Waals surface area (Å²) in [5.41, 5.74) is 0.650. The van der Waals surface area contributed by atoms with Crippen LogP contribution in [-0.2, 0) is 4.74 Å². The van der Waals surface area contributed by atoms with E-state index in [9.17, 15) is 4.79 Å². The second-order valence-electron chi connectivity index (χ2n) is 3.46. The van der Waals surface area contributed by atoms with Crippen LogP contribution in [0.3, 0.4) is 0 Å². The molecule has 0 radical (unpaired) electrons. The number of hydrogen-bond donors (Lipinski definition) is 1. The number of rotatable bonds is 4. The molecule has 0 fully saturated rings. The van der Waals surface area contributed by atoms with Gasteiger partial charge in [-0.1, -0.05) is 13.3 Å². The molecule has 0 amide bonds. The van der Waals surface area contributed by atoms with Crippen molar-refractivity contribution in [3.05, 3.63) is 24.3 Å². The first kappa shape index (κ1) is 10.6. The van der Waals surface area contributed by atoms with Crippen LogP contribution >= 0.6 is 0 Å². The number of fused-ring (bicyclic) bond motifs is 1. The van der Waals surface area contributed by atoms with Gasteiger partial charge in [-0.05, 0) is 12.5 Å². The lowest BCUT2D eigenvalue weighted by Gasteiger charge is -2.01. The average molecular weight is 219 g/mol. The Hall–Kier alpha value is -1.91. The van der Waals surface area contributed by atoms with Crippen LogP contribution in [0.4, 0.5) is 0 Å². The topological polar surface area (TPSA) is 67.9 Å². The van der Waals surface area contributed by atoms with Gasteiger partial charge in [0.15, 0.2) is 0 Å². The molecule has 5 nitrogen and oxygen atoms in total. The van der Waals surface area contributed by atoms with Gasteiger partial charge >= 0.3 is 5.97 Å². The highest BCUT2D eigenvalue weighted by atomic mass is 16.5. The summed E-state index contributed by atoms with van der Waals surface area (Å²) in [4.78, 5) is 22.5. The van der Waals surface area contributed by atoms with Gasteiger partial charge in [-0.25, -0.2) is 14.8 Å². The van der Waals surface area contributed by atoms with Crippen LogP contribution in [0.2, 0.25) is 0 Å². The van der Waals surface area contributed by atoms with E-state index in [0.717, 1.165) is 18.2 Å². The van der Waals surface area contributed by atoms with Gasteiger partial charge in [-0.15, -0.1) is 0 Å². The van der Waals surface area contributed by atoms with E-state index in [-0.39, 0.29) is 5.82 Å². The second kappa shape index (κ2) is 4.74. The summed E-state index contributed by atoms with van der Waals surface area (Å²) in [7, 11) is 0. The van der Waals surface area contributed by atoms with E-state index >= 15 is 0 Å². The number of nitrogens with zero attached hydrogens (tertiary/aromatic N) is 2. The minimum Gasteiger partial charge on any atom is -0.460 e. The van der Waals surface area contributed by atoms with Crippen molar-refractivity contribution in [2.45, 2.75) is 19.8 Å². The Bertz CT molecular complexity index is 493. The Labute approximate surface area is 92.9 Å². The summed E-state index contributed by atoms with van der Waals surface area (Å²) < 4.78 is 5.02. The van der Waals surface area contributed by atoms with Gasteiger partial charge in [0.25, 0.3) is 0 Å². The number of unbranched alkanes of at least 4 members (excludes halogenated alkanes) is 1. The molecule has 5 heteroatoms. The van der Waals surface area contributed by atoms with E-state index in [1.807, 2.05) is 13.0 Å². The largest absolute Gasteiger partial charge is 0.460 e. The maximum Gasteiger partial charge on any atom is 0.376 e. The first-order valence-electron chi connectivity index (χ1n) is 5.28. The molecule has 1 N–H and O–H groups in total. The minimum atomic E-state index is -0.468. The molecule has 2 aromatic heterocycles. The van der Waals surface area contributed by atoms with Crippen molar-refractivity contribution in [1.29, 1.82) is 0 Å². The summed E-state index contributed by atoms with van der Waals surface area (Å²) in [6, 6.07) is 1.85. The number of esters is 1. The van der Waals surface area contributed by atoms with Gasteiger partial charge in [0.05, 0.1) is 6.61 Å². The average Bonchev–Trinajstić information content (AvgIpc) is 2.76. The molecule has 0 atom stereocenters. The molecule has 0 saturated heterocycles. The molecule has 0 aliphatic heterocycles. The molecule has 0 aliphatic rings. The number of aromatic nitrogens is 3. The number of aromatic amines is 1. The number of nitrogens with one attached hydrogen (secondary N) is 1. The van der Waals surface area contributed by atoms with Crippen molar-refractivity contribution in [3.63, 3.8) is 0 Å². The van der Waals surface area contributed by atoms with Crippen LogP contribution in [0, 0.1) is 0 Å². The Balaban J connectivity index is 2.10. The van der Waals surface area contributed by atoms with Gasteiger partial charge in [0, 0.05) is 17.8 Å². The van der Waals surface area contributed by atoms with Crippen molar-refractivity contribution in [2.24, 2.45) is 0 Å². The van der Waals surface area contributed by atoms with E-state index in [0.29, 0.717) is 12.3 Å². The number of H-pyrrole nitrogens is 1. The Kier molecular flexibility index (Phi) is 3.14. The second-order valence-corrected chi connectivity index (χ2v) is 3.46. The van der Waals surface area contributed by atoms with E-state index in [1.165, 1.54) is 0 Å². The molecule has 0 spiro atoms. The van der Waals surface area contributed by atoms with Crippen LogP contribution in [0.15, 0.2) is 18.5 Å². The third kappa shape index (κ3) is 2.18. The quantitative estimate of drug-likeness (QED) is 0.630. The Morgan fingerprint density at radius 3 is 3.25 bits per heavy atom. The summed E-state index contributed by atoms with van der Waals surface area (Å²) in [6.07, 6.45) is 5.21. The van der Waals surface area contributed by atoms with Crippen molar-refractivity contribution in [2.75, 3.05) is 6.61 Å². The summed E-state index contributed by atoms with van der Waals surface area (Å²) >= 11 is 0. The molecule has 2 heterocycles. The predicted octanol–water partition coefficient (Wildman–Crippen LogP) is 1.91.